The van der Waals surface area contributed by atoms with Gasteiger partial charge in [0.2, 0.25) is 0 Å². The predicted octanol–water partition coefficient (Wildman–Crippen LogP) is 1.89. The van der Waals surface area contributed by atoms with E-state index in [1.165, 1.54) is 5.56 Å². The maximum Gasteiger partial charge on any atom is 0.172 e. The van der Waals surface area contributed by atoms with Gasteiger partial charge in [-0.1, -0.05) is 23.6 Å². The molecule has 0 aliphatic heterocycles. The molecule has 0 atom stereocenters. The Balaban J connectivity index is 2.29. The van der Waals surface area contributed by atoms with E-state index in [4.69, 9.17) is 23.4 Å². The van der Waals surface area contributed by atoms with Crippen LogP contribution in [0.25, 0.3) is 0 Å². The van der Waals surface area contributed by atoms with Crippen molar-refractivity contribution in [2.45, 2.75) is 6.92 Å². The molecule has 0 unspecified atom stereocenters. The third-order valence-electron chi connectivity index (χ3n) is 1.83. The molecule has 0 saturated heterocycles. The van der Waals surface area contributed by atoms with E-state index in [0.29, 0.717) is 11.8 Å². The first-order chi connectivity index (χ1) is 7.72. The fraction of sp³-hybridized carbons (Fsp3) is 0.250. The SMILES string of the molecule is C#CCOCNC(=S)Nc1ccc(C)cc1. The summed E-state index contributed by atoms with van der Waals surface area (Å²) in [6.45, 7) is 2.62. The second-order valence-electron chi connectivity index (χ2n) is 3.19. The number of benzene rings is 1. The smallest absolute Gasteiger partial charge is 0.172 e. The molecule has 0 aromatic heterocycles. The Morgan fingerprint density at radius 2 is 2.12 bits per heavy atom. The standard InChI is InChI=1S/C12H14N2OS/c1-3-8-15-9-13-12(16)14-11-6-4-10(2)5-7-11/h1,4-7H,8-9H2,2H3,(H2,13,14,16). The van der Waals surface area contributed by atoms with Crippen LogP contribution in [0.5, 0.6) is 0 Å². The fourth-order valence-electron chi connectivity index (χ4n) is 1.04. The van der Waals surface area contributed by atoms with Crippen molar-refractivity contribution in [1.82, 2.24) is 5.32 Å². The van der Waals surface area contributed by atoms with E-state index in [1.807, 2.05) is 31.2 Å². The molecule has 2 N–H and O–H groups in total. The number of terminal acetylenes is 1. The van der Waals surface area contributed by atoms with Crippen molar-refractivity contribution in [3.05, 3.63) is 29.8 Å². The lowest BCUT2D eigenvalue weighted by Crippen LogP contribution is -2.30. The summed E-state index contributed by atoms with van der Waals surface area (Å²) >= 11 is 5.06. The Labute approximate surface area is 101 Å². The summed E-state index contributed by atoms with van der Waals surface area (Å²) in [7, 11) is 0. The maximum absolute atomic E-state index is 5.06. The van der Waals surface area contributed by atoms with Gasteiger partial charge in [-0.3, -0.25) is 0 Å². The number of ether oxygens (including phenoxy) is 1. The normalized spacial score (nSPS) is 9.25. The summed E-state index contributed by atoms with van der Waals surface area (Å²) in [5.41, 5.74) is 2.15. The lowest BCUT2D eigenvalue weighted by Gasteiger charge is -2.10. The molecule has 1 rings (SSSR count). The number of thiocarbonyl (C=S) groups is 1. The van der Waals surface area contributed by atoms with E-state index in [2.05, 4.69) is 16.6 Å². The minimum atomic E-state index is 0.278. The first-order valence-electron chi connectivity index (χ1n) is 4.85. The molecule has 1 aromatic rings. The van der Waals surface area contributed by atoms with Gasteiger partial charge in [0.1, 0.15) is 13.3 Å². The van der Waals surface area contributed by atoms with Crippen LogP contribution in [-0.2, 0) is 4.74 Å². The summed E-state index contributed by atoms with van der Waals surface area (Å²) in [5.74, 6) is 2.37. The van der Waals surface area contributed by atoms with Gasteiger partial charge >= 0.3 is 0 Å². The summed E-state index contributed by atoms with van der Waals surface area (Å²) in [4.78, 5) is 0. The molecule has 4 heteroatoms. The first-order valence-corrected chi connectivity index (χ1v) is 5.26. The van der Waals surface area contributed by atoms with Crippen molar-refractivity contribution in [3.8, 4) is 12.3 Å². The van der Waals surface area contributed by atoms with E-state index in [-0.39, 0.29) is 6.61 Å². The van der Waals surface area contributed by atoms with Gasteiger partial charge in [0.05, 0.1) is 0 Å². The highest BCUT2D eigenvalue weighted by molar-refractivity contribution is 7.80. The van der Waals surface area contributed by atoms with Gasteiger partial charge < -0.3 is 15.4 Å². The van der Waals surface area contributed by atoms with Crippen LogP contribution in [0, 0.1) is 19.3 Å². The minimum absolute atomic E-state index is 0.278. The minimum Gasteiger partial charge on any atom is -0.349 e. The van der Waals surface area contributed by atoms with Crippen molar-refractivity contribution in [2.24, 2.45) is 0 Å². The zero-order chi connectivity index (χ0) is 11.8. The van der Waals surface area contributed by atoms with E-state index >= 15 is 0 Å². The highest BCUT2D eigenvalue weighted by Gasteiger charge is 1.95. The van der Waals surface area contributed by atoms with Crippen LogP contribution < -0.4 is 10.6 Å². The molecular formula is C12H14N2OS. The highest BCUT2D eigenvalue weighted by atomic mass is 32.1. The first kappa shape index (κ1) is 12.5. The molecule has 0 heterocycles. The van der Waals surface area contributed by atoms with Crippen LogP contribution in [0.2, 0.25) is 0 Å². The van der Waals surface area contributed by atoms with Crippen LogP contribution in [0.1, 0.15) is 5.56 Å². The number of aryl methyl sites for hydroxylation is 1. The number of nitrogens with one attached hydrogen (secondary N) is 2. The Bertz CT molecular complexity index is 381. The Hall–Kier alpha value is -1.57. The van der Waals surface area contributed by atoms with Crippen molar-refractivity contribution in [3.63, 3.8) is 0 Å². The summed E-state index contributed by atoms with van der Waals surface area (Å²) < 4.78 is 5.04. The molecule has 0 spiro atoms. The fourth-order valence-corrected chi connectivity index (χ4v) is 1.22. The molecular weight excluding hydrogens is 220 g/mol. The largest absolute Gasteiger partial charge is 0.349 e. The van der Waals surface area contributed by atoms with E-state index in [0.717, 1.165) is 5.69 Å². The maximum atomic E-state index is 5.06. The highest BCUT2D eigenvalue weighted by Crippen LogP contribution is 2.07. The number of hydrogen-bond donors (Lipinski definition) is 2. The molecule has 0 radical (unpaired) electrons. The topological polar surface area (TPSA) is 33.3 Å². The molecule has 0 amide bonds. The molecule has 16 heavy (non-hydrogen) atoms. The van der Waals surface area contributed by atoms with Gasteiger partial charge in [0.15, 0.2) is 5.11 Å². The van der Waals surface area contributed by atoms with E-state index in [9.17, 15) is 0 Å². The van der Waals surface area contributed by atoms with Gasteiger partial charge in [-0.25, -0.2) is 0 Å². The predicted molar refractivity (Wildman–Crippen MR) is 70.2 cm³/mol. The molecule has 0 fully saturated rings. The molecule has 1 aromatic carbocycles. The van der Waals surface area contributed by atoms with Crippen LogP contribution in [0.3, 0.4) is 0 Å². The van der Waals surface area contributed by atoms with Gasteiger partial charge in [-0.2, -0.15) is 0 Å². The third-order valence-corrected chi connectivity index (χ3v) is 2.08. The molecule has 3 nitrogen and oxygen atoms in total. The number of anilines is 1. The van der Waals surface area contributed by atoms with Crippen molar-refractivity contribution < 1.29 is 4.74 Å². The average molecular weight is 234 g/mol. The van der Waals surface area contributed by atoms with E-state index < -0.39 is 0 Å². The lowest BCUT2D eigenvalue weighted by atomic mass is 10.2. The van der Waals surface area contributed by atoms with Crippen molar-refractivity contribution >= 4 is 23.0 Å². The molecule has 84 valence electrons. The monoisotopic (exact) mass is 234 g/mol. The average Bonchev–Trinajstić information content (AvgIpc) is 2.28. The second kappa shape index (κ2) is 6.83. The van der Waals surface area contributed by atoms with Crippen LogP contribution in [-0.4, -0.2) is 18.5 Å². The summed E-state index contributed by atoms with van der Waals surface area (Å²) in [6, 6.07) is 7.96. The Morgan fingerprint density at radius 1 is 1.44 bits per heavy atom. The van der Waals surface area contributed by atoms with Crippen LogP contribution in [0.4, 0.5) is 5.69 Å². The Morgan fingerprint density at radius 3 is 2.75 bits per heavy atom. The number of rotatable bonds is 4. The molecule has 0 aliphatic rings. The van der Waals surface area contributed by atoms with Crippen molar-refractivity contribution in [2.75, 3.05) is 18.7 Å². The molecule has 0 saturated carbocycles. The van der Waals surface area contributed by atoms with Crippen LogP contribution in [0.15, 0.2) is 24.3 Å². The van der Waals surface area contributed by atoms with Crippen molar-refractivity contribution in [1.29, 1.82) is 0 Å². The zero-order valence-corrected chi connectivity index (χ0v) is 9.93. The number of hydrogen-bond acceptors (Lipinski definition) is 2. The zero-order valence-electron chi connectivity index (χ0n) is 9.12. The quantitative estimate of drug-likeness (QED) is 0.361. The second-order valence-corrected chi connectivity index (χ2v) is 3.60. The summed E-state index contributed by atoms with van der Waals surface area (Å²) in [6.07, 6.45) is 5.03. The van der Waals surface area contributed by atoms with Gasteiger partial charge in [0.25, 0.3) is 0 Å². The molecule has 0 aliphatic carbocycles. The summed E-state index contributed by atoms with van der Waals surface area (Å²) in [5, 5.41) is 6.43. The van der Waals surface area contributed by atoms with Gasteiger partial charge in [0, 0.05) is 5.69 Å². The van der Waals surface area contributed by atoms with Gasteiger partial charge in [-0.05, 0) is 31.3 Å². The van der Waals surface area contributed by atoms with E-state index in [1.54, 1.807) is 0 Å². The Kier molecular flexibility index (Phi) is 5.34. The lowest BCUT2D eigenvalue weighted by molar-refractivity contribution is 0.162. The third kappa shape index (κ3) is 4.78. The molecule has 0 bridgehead atoms. The van der Waals surface area contributed by atoms with Crippen LogP contribution >= 0.6 is 12.2 Å². The van der Waals surface area contributed by atoms with Gasteiger partial charge in [-0.15, -0.1) is 6.42 Å².